The van der Waals surface area contributed by atoms with E-state index >= 15 is 0 Å². The van der Waals surface area contributed by atoms with Gasteiger partial charge >= 0.3 is 0 Å². The van der Waals surface area contributed by atoms with E-state index in [4.69, 9.17) is 17.0 Å². The van der Waals surface area contributed by atoms with Crippen molar-refractivity contribution in [1.29, 1.82) is 0 Å². The number of amides is 1. The lowest BCUT2D eigenvalue weighted by atomic mass is 10.2. The second kappa shape index (κ2) is 8.14. The molecule has 0 atom stereocenters. The van der Waals surface area contributed by atoms with Crippen molar-refractivity contribution in [3.05, 3.63) is 59.9 Å². The molecular weight excluding hydrogens is 353 g/mol. The Hall–Kier alpha value is -2.67. The Kier molecular flexibility index (Phi) is 5.68. The van der Waals surface area contributed by atoms with Crippen molar-refractivity contribution in [3.8, 4) is 5.75 Å². The van der Waals surface area contributed by atoms with E-state index in [1.807, 2.05) is 29.2 Å². The molecule has 7 heteroatoms. The molecule has 0 bridgehead atoms. The average molecular weight is 373 g/mol. The van der Waals surface area contributed by atoms with Gasteiger partial charge in [0.1, 0.15) is 11.6 Å². The minimum atomic E-state index is -0.346. The third kappa shape index (κ3) is 4.29. The van der Waals surface area contributed by atoms with Crippen molar-refractivity contribution in [1.82, 2.24) is 9.80 Å². The maximum absolute atomic E-state index is 13.0. The van der Waals surface area contributed by atoms with E-state index < -0.39 is 0 Å². The summed E-state index contributed by atoms with van der Waals surface area (Å²) in [5, 5.41) is 3.83. The molecule has 1 aliphatic rings. The highest BCUT2D eigenvalue weighted by atomic mass is 32.1. The fraction of sp³-hybridized carbons (Fsp3) is 0.263. The van der Waals surface area contributed by atoms with Crippen LogP contribution in [0.25, 0.3) is 0 Å². The van der Waals surface area contributed by atoms with E-state index in [-0.39, 0.29) is 11.7 Å². The highest BCUT2D eigenvalue weighted by Crippen LogP contribution is 2.16. The summed E-state index contributed by atoms with van der Waals surface area (Å²) < 4.78 is 18.1. The van der Waals surface area contributed by atoms with Crippen molar-refractivity contribution >= 4 is 28.9 Å². The fourth-order valence-corrected chi connectivity index (χ4v) is 3.06. The predicted octanol–water partition coefficient (Wildman–Crippen LogP) is 2.99. The Bertz CT molecular complexity index is 772. The van der Waals surface area contributed by atoms with Crippen molar-refractivity contribution in [3.63, 3.8) is 0 Å². The number of ether oxygens (including phenoxy) is 1. The molecule has 5 nitrogen and oxygen atoms in total. The first kappa shape index (κ1) is 18.1. The molecule has 1 heterocycles. The van der Waals surface area contributed by atoms with Gasteiger partial charge in [0.05, 0.1) is 7.11 Å². The second-order valence-electron chi connectivity index (χ2n) is 5.94. The lowest BCUT2D eigenvalue weighted by Gasteiger charge is -2.36. The molecule has 0 aliphatic carbocycles. The first-order valence-electron chi connectivity index (χ1n) is 8.31. The topological polar surface area (TPSA) is 44.8 Å². The SMILES string of the molecule is COc1ccc(NC(=S)N2CCN(C(=O)c3ccc(F)cc3)CC2)cc1. The molecule has 0 unspecified atom stereocenters. The molecule has 2 aromatic rings. The van der Waals surface area contributed by atoms with E-state index in [1.165, 1.54) is 24.3 Å². The monoisotopic (exact) mass is 373 g/mol. The van der Waals surface area contributed by atoms with Crippen LogP contribution in [0.5, 0.6) is 5.75 Å². The zero-order chi connectivity index (χ0) is 18.5. The van der Waals surface area contributed by atoms with E-state index in [0.29, 0.717) is 36.9 Å². The number of carbonyl (C=O) groups is 1. The number of benzene rings is 2. The van der Waals surface area contributed by atoms with Crippen LogP contribution in [0.15, 0.2) is 48.5 Å². The van der Waals surface area contributed by atoms with Crippen LogP contribution in [-0.2, 0) is 0 Å². The van der Waals surface area contributed by atoms with Crippen LogP contribution in [0.1, 0.15) is 10.4 Å². The van der Waals surface area contributed by atoms with Gasteiger partial charge in [-0.3, -0.25) is 4.79 Å². The van der Waals surface area contributed by atoms with E-state index in [9.17, 15) is 9.18 Å². The van der Waals surface area contributed by atoms with Crippen molar-refractivity contribution in [2.24, 2.45) is 0 Å². The smallest absolute Gasteiger partial charge is 0.253 e. The van der Waals surface area contributed by atoms with Gasteiger partial charge in [-0.2, -0.15) is 0 Å². The zero-order valence-electron chi connectivity index (χ0n) is 14.4. The number of nitrogens with zero attached hydrogens (tertiary/aromatic N) is 2. The largest absolute Gasteiger partial charge is 0.497 e. The van der Waals surface area contributed by atoms with Crippen molar-refractivity contribution in [2.45, 2.75) is 0 Å². The summed E-state index contributed by atoms with van der Waals surface area (Å²) in [5.74, 6) is 0.356. The highest BCUT2D eigenvalue weighted by molar-refractivity contribution is 7.80. The molecule has 26 heavy (non-hydrogen) atoms. The maximum atomic E-state index is 13.0. The van der Waals surface area contributed by atoms with Crippen LogP contribution in [0, 0.1) is 5.82 Å². The minimum Gasteiger partial charge on any atom is -0.497 e. The van der Waals surface area contributed by atoms with Gasteiger partial charge in [-0.25, -0.2) is 4.39 Å². The molecule has 2 aromatic carbocycles. The molecular formula is C19H20FN3O2S. The number of carbonyl (C=O) groups excluding carboxylic acids is 1. The van der Waals surface area contributed by atoms with Crippen molar-refractivity contribution < 1.29 is 13.9 Å². The first-order valence-corrected chi connectivity index (χ1v) is 8.72. The van der Waals surface area contributed by atoms with Gasteiger partial charge in [0.15, 0.2) is 5.11 Å². The summed E-state index contributed by atoms with van der Waals surface area (Å²) in [6.07, 6.45) is 0. The molecule has 0 spiro atoms. The highest BCUT2D eigenvalue weighted by Gasteiger charge is 2.23. The zero-order valence-corrected chi connectivity index (χ0v) is 15.3. The van der Waals surface area contributed by atoms with Gasteiger partial charge in [0.25, 0.3) is 5.91 Å². The normalized spacial score (nSPS) is 14.1. The Morgan fingerprint density at radius 3 is 2.15 bits per heavy atom. The van der Waals surface area contributed by atoms with Crippen LogP contribution in [-0.4, -0.2) is 54.1 Å². The van der Waals surface area contributed by atoms with E-state index in [1.54, 1.807) is 12.0 Å². The second-order valence-corrected chi connectivity index (χ2v) is 6.33. The number of anilines is 1. The molecule has 1 fully saturated rings. The lowest BCUT2D eigenvalue weighted by Crippen LogP contribution is -2.51. The number of nitrogens with one attached hydrogen (secondary N) is 1. The summed E-state index contributed by atoms with van der Waals surface area (Å²) in [6.45, 7) is 2.44. The number of hydrogen-bond donors (Lipinski definition) is 1. The minimum absolute atomic E-state index is 0.0846. The standard InChI is InChI=1S/C19H20FN3O2S/c1-25-17-8-6-16(7-9-17)21-19(26)23-12-10-22(11-13-23)18(24)14-2-4-15(20)5-3-14/h2-9H,10-13H2,1H3,(H,21,26). The Labute approximate surface area is 157 Å². The molecule has 0 saturated carbocycles. The van der Waals surface area contributed by atoms with Crippen LogP contribution in [0.3, 0.4) is 0 Å². The fourth-order valence-electron chi connectivity index (χ4n) is 2.76. The first-order chi connectivity index (χ1) is 12.6. The molecule has 136 valence electrons. The molecule has 0 aromatic heterocycles. The molecule has 1 N–H and O–H groups in total. The van der Waals surface area contributed by atoms with E-state index in [0.717, 1.165) is 11.4 Å². The van der Waals surface area contributed by atoms with Crippen LogP contribution in [0.4, 0.5) is 10.1 Å². The average Bonchev–Trinajstić information content (AvgIpc) is 2.69. The Morgan fingerprint density at radius 1 is 1.00 bits per heavy atom. The lowest BCUT2D eigenvalue weighted by molar-refractivity contribution is 0.0693. The van der Waals surface area contributed by atoms with Crippen LogP contribution in [0.2, 0.25) is 0 Å². The van der Waals surface area contributed by atoms with Gasteiger partial charge in [0, 0.05) is 37.4 Å². The van der Waals surface area contributed by atoms with Gasteiger partial charge in [0.2, 0.25) is 0 Å². The van der Waals surface area contributed by atoms with E-state index in [2.05, 4.69) is 5.32 Å². The van der Waals surface area contributed by atoms with Gasteiger partial charge in [-0.05, 0) is 60.7 Å². The third-order valence-corrected chi connectivity index (χ3v) is 4.65. The summed E-state index contributed by atoms with van der Waals surface area (Å²) in [7, 11) is 1.62. The van der Waals surface area contributed by atoms with Crippen LogP contribution >= 0.6 is 12.2 Å². The molecule has 1 saturated heterocycles. The number of halogens is 1. The molecule has 0 radical (unpaired) electrons. The Morgan fingerprint density at radius 2 is 1.58 bits per heavy atom. The quantitative estimate of drug-likeness (QED) is 0.838. The Balaban J connectivity index is 1.53. The van der Waals surface area contributed by atoms with Crippen molar-refractivity contribution in [2.75, 3.05) is 38.6 Å². The molecule has 3 rings (SSSR count). The number of hydrogen-bond acceptors (Lipinski definition) is 3. The third-order valence-electron chi connectivity index (χ3n) is 4.29. The van der Waals surface area contributed by atoms with Gasteiger partial charge in [-0.1, -0.05) is 0 Å². The summed E-state index contributed by atoms with van der Waals surface area (Å²) >= 11 is 5.47. The van der Waals surface area contributed by atoms with Gasteiger partial charge in [-0.15, -0.1) is 0 Å². The maximum Gasteiger partial charge on any atom is 0.253 e. The number of rotatable bonds is 3. The molecule has 1 amide bonds. The summed E-state index contributed by atoms with van der Waals surface area (Å²) in [4.78, 5) is 16.3. The summed E-state index contributed by atoms with van der Waals surface area (Å²) in [5.41, 5.74) is 1.39. The van der Waals surface area contributed by atoms with Gasteiger partial charge < -0.3 is 19.9 Å². The molecule has 1 aliphatic heterocycles. The van der Waals surface area contributed by atoms with Crippen LogP contribution < -0.4 is 10.1 Å². The number of methoxy groups -OCH3 is 1. The number of thiocarbonyl (C=S) groups is 1. The number of piperazine rings is 1. The predicted molar refractivity (Wildman–Crippen MR) is 103 cm³/mol. The summed E-state index contributed by atoms with van der Waals surface area (Å²) in [6, 6.07) is 13.2.